The molecule has 2 amide bonds. The topological polar surface area (TPSA) is 91.5 Å². The molecular weight excluding hydrogens is 338 g/mol. The number of anilines is 2. The number of carbonyl (C=O) groups is 1. The highest BCUT2D eigenvalue weighted by atomic mass is 16.2. The lowest BCUT2D eigenvalue weighted by Gasteiger charge is -2.11. The maximum atomic E-state index is 11.7. The Morgan fingerprint density at radius 1 is 1.00 bits per heavy atom. The predicted octanol–water partition coefficient (Wildman–Crippen LogP) is 4.27. The first-order valence-corrected chi connectivity index (χ1v) is 9.17. The second-order valence-corrected chi connectivity index (χ2v) is 7.06. The van der Waals surface area contributed by atoms with Gasteiger partial charge in [0.25, 0.3) is 0 Å². The molecule has 2 aromatic carbocycles. The summed E-state index contributed by atoms with van der Waals surface area (Å²) in [5.74, 6) is 0.828. The van der Waals surface area contributed by atoms with Crippen molar-refractivity contribution in [1.29, 1.82) is 0 Å². The zero-order valence-corrected chi connectivity index (χ0v) is 16.4. The molecule has 2 aromatic rings. The highest BCUT2D eigenvalue weighted by Gasteiger charge is 2.04. The molecule has 0 unspecified atom stereocenters. The first kappa shape index (κ1) is 20.3. The molecule has 0 heterocycles. The molecule has 2 rings (SSSR count). The van der Waals surface area contributed by atoms with E-state index in [1.165, 1.54) is 5.56 Å². The van der Waals surface area contributed by atoms with Gasteiger partial charge in [-0.1, -0.05) is 38.1 Å². The van der Waals surface area contributed by atoms with Crippen LogP contribution in [0.15, 0.2) is 53.5 Å². The molecular formula is C21H29N5O. The number of carbonyl (C=O) groups excluding carboxylic acids is 1. The Hall–Kier alpha value is -3.02. The number of aliphatic imine (C=N–C) groups is 1. The van der Waals surface area contributed by atoms with E-state index in [-0.39, 0.29) is 12.1 Å². The number of hydrogen-bond donors (Lipinski definition) is 4. The van der Waals surface area contributed by atoms with Gasteiger partial charge in [0, 0.05) is 17.4 Å². The third kappa shape index (κ3) is 7.01. The van der Waals surface area contributed by atoms with Gasteiger partial charge in [-0.3, -0.25) is 0 Å². The van der Waals surface area contributed by atoms with E-state index in [0.717, 1.165) is 16.9 Å². The fourth-order valence-corrected chi connectivity index (χ4v) is 2.46. The summed E-state index contributed by atoms with van der Waals surface area (Å²) in [7, 11) is 0. The molecule has 27 heavy (non-hydrogen) atoms. The molecule has 0 aromatic heterocycles. The number of urea groups is 1. The minimum atomic E-state index is -0.215. The van der Waals surface area contributed by atoms with Crippen LogP contribution in [0.2, 0.25) is 0 Å². The molecule has 0 spiro atoms. The minimum Gasteiger partial charge on any atom is -0.370 e. The maximum absolute atomic E-state index is 11.7. The Bertz CT molecular complexity index is 781. The standard InChI is InChI=1S/C21H29N5O/c1-14(2)17-6-5-7-19(12-17)25-20(22)23-13-16-8-10-18(11-9-16)26-21(27)24-15(3)4/h5-12,14-15H,13H2,1-4H3,(H3,22,23,25)(H2,24,26,27). The highest BCUT2D eigenvalue weighted by molar-refractivity contribution is 5.92. The highest BCUT2D eigenvalue weighted by Crippen LogP contribution is 2.18. The van der Waals surface area contributed by atoms with E-state index >= 15 is 0 Å². The van der Waals surface area contributed by atoms with E-state index in [1.807, 2.05) is 50.2 Å². The summed E-state index contributed by atoms with van der Waals surface area (Å²) in [6, 6.07) is 15.6. The maximum Gasteiger partial charge on any atom is 0.319 e. The van der Waals surface area contributed by atoms with Gasteiger partial charge in [0.1, 0.15) is 0 Å². The molecule has 0 aliphatic heterocycles. The van der Waals surface area contributed by atoms with Crippen LogP contribution in [0.5, 0.6) is 0 Å². The van der Waals surface area contributed by atoms with E-state index in [4.69, 9.17) is 5.73 Å². The predicted molar refractivity (Wildman–Crippen MR) is 113 cm³/mol. The van der Waals surface area contributed by atoms with Crippen LogP contribution < -0.4 is 21.7 Å². The molecule has 0 saturated heterocycles. The molecule has 6 heteroatoms. The summed E-state index contributed by atoms with van der Waals surface area (Å²) in [6.45, 7) is 8.60. The van der Waals surface area contributed by atoms with Crippen LogP contribution in [0.1, 0.15) is 44.7 Å². The van der Waals surface area contributed by atoms with Crippen LogP contribution in [0, 0.1) is 0 Å². The van der Waals surface area contributed by atoms with Crippen LogP contribution in [0.3, 0.4) is 0 Å². The van der Waals surface area contributed by atoms with E-state index in [0.29, 0.717) is 18.4 Å². The SMILES string of the molecule is CC(C)NC(=O)Nc1ccc(CN=C(N)Nc2cccc(C(C)C)c2)cc1. The molecule has 0 fully saturated rings. The molecule has 0 bridgehead atoms. The van der Waals surface area contributed by atoms with Crippen molar-refractivity contribution in [2.75, 3.05) is 10.6 Å². The van der Waals surface area contributed by atoms with Crippen molar-refractivity contribution in [1.82, 2.24) is 5.32 Å². The van der Waals surface area contributed by atoms with E-state index in [9.17, 15) is 4.79 Å². The Kier molecular flexibility index (Phi) is 7.23. The quantitative estimate of drug-likeness (QED) is 0.454. The van der Waals surface area contributed by atoms with Crippen LogP contribution in [-0.2, 0) is 6.54 Å². The van der Waals surface area contributed by atoms with Crippen molar-refractivity contribution in [3.8, 4) is 0 Å². The lowest BCUT2D eigenvalue weighted by atomic mass is 10.0. The van der Waals surface area contributed by atoms with Gasteiger partial charge < -0.3 is 21.7 Å². The van der Waals surface area contributed by atoms with Crippen LogP contribution >= 0.6 is 0 Å². The van der Waals surface area contributed by atoms with Crippen molar-refractivity contribution in [2.45, 2.75) is 46.2 Å². The van der Waals surface area contributed by atoms with Crippen molar-refractivity contribution >= 4 is 23.4 Å². The van der Waals surface area contributed by atoms with E-state index in [2.05, 4.69) is 46.9 Å². The van der Waals surface area contributed by atoms with Crippen molar-refractivity contribution < 1.29 is 4.79 Å². The second kappa shape index (κ2) is 9.62. The zero-order valence-electron chi connectivity index (χ0n) is 16.4. The summed E-state index contributed by atoms with van der Waals surface area (Å²) in [6.07, 6.45) is 0. The molecule has 0 atom stereocenters. The summed E-state index contributed by atoms with van der Waals surface area (Å²) in [5, 5.41) is 8.70. The van der Waals surface area contributed by atoms with Crippen molar-refractivity contribution in [3.63, 3.8) is 0 Å². The van der Waals surface area contributed by atoms with Crippen LogP contribution in [-0.4, -0.2) is 18.0 Å². The summed E-state index contributed by atoms with van der Waals surface area (Å²) < 4.78 is 0. The minimum absolute atomic E-state index is 0.0929. The summed E-state index contributed by atoms with van der Waals surface area (Å²) >= 11 is 0. The molecule has 144 valence electrons. The molecule has 0 aliphatic rings. The Labute approximate surface area is 161 Å². The monoisotopic (exact) mass is 367 g/mol. The number of nitrogens with one attached hydrogen (secondary N) is 3. The second-order valence-electron chi connectivity index (χ2n) is 7.06. The first-order chi connectivity index (χ1) is 12.8. The average molecular weight is 367 g/mol. The average Bonchev–Trinajstić information content (AvgIpc) is 2.60. The third-order valence-corrected chi connectivity index (χ3v) is 3.89. The van der Waals surface area contributed by atoms with Gasteiger partial charge in [-0.2, -0.15) is 0 Å². The van der Waals surface area contributed by atoms with Crippen LogP contribution in [0.25, 0.3) is 0 Å². The Morgan fingerprint density at radius 2 is 1.70 bits per heavy atom. The van der Waals surface area contributed by atoms with Crippen LogP contribution in [0.4, 0.5) is 16.2 Å². The Morgan fingerprint density at radius 3 is 2.33 bits per heavy atom. The number of hydrogen-bond acceptors (Lipinski definition) is 2. The van der Waals surface area contributed by atoms with E-state index < -0.39 is 0 Å². The number of rotatable bonds is 6. The normalized spacial score (nSPS) is 11.6. The smallest absolute Gasteiger partial charge is 0.319 e. The number of nitrogens with zero attached hydrogens (tertiary/aromatic N) is 1. The lowest BCUT2D eigenvalue weighted by molar-refractivity contribution is 0.250. The summed E-state index contributed by atoms with van der Waals surface area (Å²) in [5.41, 5.74) is 9.91. The molecule has 6 nitrogen and oxygen atoms in total. The Balaban J connectivity index is 1.91. The van der Waals surface area contributed by atoms with Gasteiger partial charge in [-0.05, 0) is 55.2 Å². The fraction of sp³-hybridized carbons (Fsp3) is 0.333. The number of benzene rings is 2. The molecule has 0 radical (unpaired) electrons. The molecule has 5 N–H and O–H groups in total. The van der Waals surface area contributed by atoms with E-state index in [1.54, 1.807) is 0 Å². The molecule has 0 saturated carbocycles. The van der Waals surface area contributed by atoms with Gasteiger partial charge in [-0.25, -0.2) is 9.79 Å². The van der Waals surface area contributed by atoms with Gasteiger partial charge in [0.15, 0.2) is 5.96 Å². The fourth-order valence-electron chi connectivity index (χ4n) is 2.46. The van der Waals surface area contributed by atoms with Gasteiger partial charge in [0.2, 0.25) is 0 Å². The van der Waals surface area contributed by atoms with Crippen molar-refractivity contribution in [3.05, 3.63) is 59.7 Å². The molecule has 0 aliphatic carbocycles. The number of amides is 2. The number of nitrogens with two attached hydrogens (primary N) is 1. The lowest BCUT2D eigenvalue weighted by Crippen LogP contribution is -2.34. The van der Waals surface area contributed by atoms with Crippen molar-refractivity contribution in [2.24, 2.45) is 10.7 Å². The largest absolute Gasteiger partial charge is 0.370 e. The van der Waals surface area contributed by atoms with Gasteiger partial charge in [0.05, 0.1) is 6.54 Å². The summed E-state index contributed by atoms with van der Waals surface area (Å²) in [4.78, 5) is 16.1. The third-order valence-electron chi connectivity index (χ3n) is 3.89. The zero-order chi connectivity index (χ0) is 19.8. The number of guanidine groups is 1. The first-order valence-electron chi connectivity index (χ1n) is 9.17. The van der Waals surface area contributed by atoms with Gasteiger partial charge in [-0.15, -0.1) is 0 Å². The van der Waals surface area contributed by atoms with Gasteiger partial charge >= 0.3 is 6.03 Å².